The van der Waals surface area contributed by atoms with Gasteiger partial charge in [0.05, 0.1) is 5.92 Å². The summed E-state index contributed by atoms with van der Waals surface area (Å²) in [5.41, 5.74) is 0. The van der Waals surface area contributed by atoms with Gasteiger partial charge in [0.1, 0.15) is 0 Å². The first-order valence-corrected chi connectivity index (χ1v) is 6.49. The molecule has 2 saturated heterocycles. The van der Waals surface area contributed by atoms with Crippen LogP contribution < -0.4 is 10.6 Å². The van der Waals surface area contributed by atoms with Crippen LogP contribution in [0, 0.1) is 5.92 Å². The van der Waals surface area contributed by atoms with Crippen molar-refractivity contribution in [2.45, 2.75) is 32.2 Å². The second kappa shape index (κ2) is 5.49. The van der Waals surface area contributed by atoms with Crippen LogP contribution in [0.25, 0.3) is 0 Å². The Hall–Kier alpha value is -1.10. The van der Waals surface area contributed by atoms with Gasteiger partial charge in [0.2, 0.25) is 11.8 Å². The third-order valence-corrected chi connectivity index (χ3v) is 3.62. The standard InChI is InChI=1S/C12H21N3O2/c1-2-11(16)14-10-3-5-15(6-4-10)12(17)9-7-13-8-9/h9-10,13H,2-8H2,1H3,(H,14,16). The van der Waals surface area contributed by atoms with Gasteiger partial charge in [-0.15, -0.1) is 0 Å². The number of rotatable bonds is 3. The molecule has 0 radical (unpaired) electrons. The molecule has 2 aliphatic rings. The van der Waals surface area contributed by atoms with E-state index >= 15 is 0 Å². The van der Waals surface area contributed by atoms with Crippen LogP contribution >= 0.6 is 0 Å². The van der Waals surface area contributed by atoms with E-state index in [9.17, 15) is 9.59 Å². The highest BCUT2D eigenvalue weighted by molar-refractivity contribution is 5.80. The number of likely N-dealkylation sites (tertiary alicyclic amines) is 1. The maximum absolute atomic E-state index is 12.0. The van der Waals surface area contributed by atoms with Gasteiger partial charge < -0.3 is 15.5 Å². The lowest BCUT2D eigenvalue weighted by Crippen LogP contribution is -2.55. The van der Waals surface area contributed by atoms with E-state index < -0.39 is 0 Å². The Balaban J connectivity index is 1.73. The molecule has 0 bridgehead atoms. The number of nitrogens with one attached hydrogen (secondary N) is 2. The minimum atomic E-state index is 0.109. The molecule has 2 N–H and O–H groups in total. The molecule has 2 heterocycles. The molecule has 0 aromatic carbocycles. The zero-order chi connectivity index (χ0) is 12.3. The number of amides is 2. The molecule has 17 heavy (non-hydrogen) atoms. The van der Waals surface area contributed by atoms with Crippen molar-refractivity contribution in [2.75, 3.05) is 26.2 Å². The summed E-state index contributed by atoms with van der Waals surface area (Å²) < 4.78 is 0. The highest BCUT2D eigenvalue weighted by Crippen LogP contribution is 2.15. The van der Waals surface area contributed by atoms with Crippen molar-refractivity contribution in [3.8, 4) is 0 Å². The summed E-state index contributed by atoms with van der Waals surface area (Å²) in [6.45, 7) is 5.07. The fraction of sp³-hybridized carbons (Fsp3) is 0.833. The average molecular weight is 239 g/mol. The Morgan fingerprint density at radius 3 is 2.41 bits per heavy atom. The summed E-state index contributed by atoms with van der Waals surface area (Å²) in [6.07, 6.45) is 2.31. The van der Waals surface area contributed by atoms with E-state index in [1.165, 1.54) is 0 Å². The molecule has 0 spiro atoms. The molecule has 0 atom stereocenters. The number of nitrogens with zero attached hydrogens (tertiary/aromatic N) is 1. The second-order valence-electron chi connectivity index (χ2n) is 4.88. The number of carbonyl (C=O) groups excluding carboxylic acids is 2. The molecule has 0 aliphatic carbocycles. The van der Waals surface area contributed by atoms with Gasteiger partial charge in [-0.1, -0.05) is 6.92 Å². The summed E-state index contributed by atoms with van der Waals surface area (Å²) in [5, 5.41) is 6.12. The first-order chi connectivity index (χ1) is 8.20. The van der Waals surface area contributed by atoms with Gasteiger partial charge in [0, 0.05) is 38.6 Å². The lowest BCUT2D eigenvalue weighted by molar-refractivity contribution is -0.138. The van der Waals surface area contributed by atoms with Gasteiger partial charge in [-0.2, -0.15) is 0 Å². The Morgan fingerprint density at radius 2 is 1.94 bits per heavy atom. The van der Waals surface area contributed by atoms with E-state index in [0.717, 1.165) is 39.0 Å². The van der Waals surface area contributed by atoms with Crippen LogP contribution in [0.4, 0.5) is 0 Å². The van der Waals surface area contributed by atoms with Crippen LogP contribution in [0.15, 0.2) is 0 Å². The number of carbonyl (C=O) groups is 2. The molecule has 0 unspecified atom stereocenters. The van der Waals surface area contributed by atoms with Gasteiger partial charge in [0.25, 0.3) is 0 Å². The van der Waals surface area contributed by atoms with Crippen molar-refractivity contribution >= 4 is 11.8 Å². The summed E-state index contributed by atoms with van der Waals surface area (Å²) >= 11 is 0. The third kappa shape index (κ3) is 2.97. The van der Waals surface area contributed by atoms with Crippen molar-refractivity contribution in [1.29, 1.82) is 0 Å². The lowest BCUT2D eigenvalue weighted by Gasteiger charge is -2.37. The van der Waals surface area contributed by atoms with E-state index in [2.05, 4.69) is 10.6 Å². The summed E-state index contributed by atoms with van der Waals surface area (Å²) in [5.74, 6) is 0.582. The molecule has 5 heteroatoms. The first-order valence-electron chi connectivity index (χ1n) is 6.49. The molecule has 96 valence electrons. The Kier molecular flexibility index (Phi) is 3.99. The zero-order valence-corrected chi connectivity index (χ0v) is 10.4. The van der Waals surface area contributed by atoms with Crippen LogP contribution in [0.5, 0.6) is 0 Å². The van der Waals surface area contributed by atoms with Crippen molar-refractivity contribution in [3.63, 3.8) is 0 Å². The smallest absolute Gasteiger partial charge is 0.228 e. The van der Waals surface area contributed by atoms with Gasteiger partial charge in [-0.25, -0.2) is 0 Å². The highest BCUT2D eigenvalue weighted by atomic mass is 16.2. The van der Waals surface area contributed by atoms with Crippen molar-refractivity contribution in [2.24, 2.45) is 5.92 Å². The molecule has 2 amide bonds. The maximum Gasteiger partial charge on any atom is 0.228 e. The van der Waals surface area contributed by atoms with Crippen LogP contribution in [-0.4, -0.2) is 48.9 Å². The van der Waals surface area contributed by atoms with Gasteiger partial charge in [-0.05, 0) is 12.8 Å². The highest BCUT2D eigenvalue weighted by Gasteiger charge is 2.31. The Bertz CT molecular complexity index is 294. The Labute approximate surface area is 102 Å². The normalized spacial score (nSPS) is 22.1. The number of hydrogen-bond acceptors (Lipinski definition) is 3. The lowest BCUT2D eigenvalue weighted by atomic mass is 9.98. The molecular formula is C12H21N3O2. The quantitative estimate of drug-likeness (QED) is 0.712. The van der Waals surface area contributed by atoms with E-state index in [1.54, 1.807) is 0 Å². The molecular weight excluding hydrogens is 218 g/mol. The monoisotopic (exact) mass is 239 g/mol. The zero-order valence-electron chi connectivity index (χ0n) is 10.4. The van der Waals surface area contributed by atoms with Crippen molar-refractivity contribution in [3.05, 3.63) is 0 Å². The average Bonchev–Trinajstić information content (AvgIpc) is 2.27. The van der Waals surface area contributed by atoms with Crippen LogP contribution in [0.1, 0.15) is 26.2 Å². The predicted molar refractivity (Wildman–Crippen MR) is 64.4 cm³/mol. The molecule has 0 saturated carbocycles. The van der Waals surface area contributed by atoms with Crippen LogP contribution in [0.2, 0.25) is 0 Å². The van der Waals surface area contributed by atoms with Gasteiger partial charge >= 0.3 is 0 Å². The van der Waals surface area contributed by atoms with Crippen molar-refractivity contribution < 1.29 is 9.59 Å². The number of hydrogen-bond donors (Lipinski definition) is 2. The molecule has 2 rings (SSSR count). The van der Waals surface area contributed by atoms with Crippen molar-refractivity contribution in [1.82, 2.24) is 15.5 Å². The summed E-state index contributed by atoms with van der Waals surface area (Å²) in [6, 6.07) is 0.256. The predicted octanol–water partition coefficient (Wildman–Crippen LogP) is -0.277. The fourth-order valence-electron chi connectivity index (χ4n) is 2.30. The minimum Gasteiger partial charge on any atom is -0.353 e. The molecule has 2 aliphatic heterocycles. The summed E-state index contributed by atoms with van der Waals surface area (Å²) in [4.78, 5) is 25.2. The van der Waals surface area contributed by atoms with E-state index in [0.29, 0.717) is 6.42 Å². The Morgan fingerprint density at radius 1 is 1.29 bits per heavy atom. The number of piperidine rings is 1. The van der Waals surface area contributed by atoms with Gasteiger partial charge in [0.15, 0.2) is 0 Å². The van der Waals surface area contributed by atoms with Gasteiger partial charge in [-0.3, -0.25) is 9.59 Å². The molecule has 0 aromatic rings. The summed E-state index contributed by atoms with van der Waals surface area (Å²) in [7, 11) is 0. The molecule has 5 nitrogen and oxygen atoms in total. The third-order valence-electron chi connectivity index (χ3n) is 3.62. The topological polar surface area (TPSA) is 61.4 Å². The fourth-order valence-corrected chi connectivity index (χ4v) is 2.30. The van der Waals surface area contributed by atoms with E-state index in [4.69, 9.17) is 0 Å². The van der Waals surface area contributed by atoms with Crippen LogP contribution in [-0.2, 0) is 9.59 Å². The minimum absolute atomic E-state index is 0.109. The van der Waals surface area contributed by atoms with Crippen LogP contribution in [0.3, 0.4) is 0 Å². The largest absolute Gasteiger partial charge is 0.353 e. The SMILES string of the molecule is CCC(=O)NC1CCN(C(=O)C2CNC2)CC1. The second-order valence-corrected chi connectivity index (χ2v) is 4.88. The van der Waals surface area contributed by atoms with E-state index in [-0.39, 0.29) is 23.8 Å². The maximum atomic E-state index is 12.0. The first kappa shape index (κ1) is 12.4. The molecule has 0 aromatic heterocycles. The molecule has 2 fully saturated rings. The van der Waals surface area contributed by atoms with E-state index in [1.807, 2.05) is 11.8 Å².